The molecule has 1 fully saturated rings. The van der Waals surface area contributed by atoms with Crippen LogP contribution in [0.5, 0.6) is 0 Å². The highest BCUT2D eigenvalue weighted by Gasteiger charge is 2.52. The molecule has 27 heavy (non-hydrogen) atoms. The average Bonchev–Trinajstić information content (AvgIpc) is 2.90. The van der Waals surface area contributed by atoms with Crippen molar-refractivity contribution in [1.82, 2.24) is 15.5 Å². The fraction of sp³-hybridized carbons (Fsp3) is 0.684. The Hall–Kier alpha value is -1.80. The first-order chi connectivity index (χ1) is 12.2. The average molecular weight is 377 g/mol. The lowest BCUT2D eigenvalue weighted by molar-refractivity contribution is 0.00578. The summed E-state index contributed by atoms with van der Waals surface area (Å²) in [5.74, 6) is 0. The lowest BCUT2D eigenvalue weighted by atomic mass is 9.76. The molecule has 1 amide bonds. The van der Waals surface area contributed by atoms with E-state index in [4.69, 9.17) is 14.0 Å². The van der Waals surface area contributed by atoms with Gasteiger partial charge in [-0.2, -0.15) is 5.10 Å². The number of hydrogen-bond donors (Lipinski definition) is 2. The first-order valence-corrected chi connectivity index (χ1v) is 9.26. The third-order valence-electron chi connectivity index (χ3n) is 4.91. The topological polar surface area (TPSA) is 85.5 Å². The number of hydrogen-bond acceptors (Lipinski definition) is 5. The summed E-state index contributed by atoms with van der Waals surface area (Å²) in [5.41, 5.74) is 2.08. The third-order valence-corrected chi connectivity index (χ3v) is 4.91. The second-order valence-electron chi connectivity index (χ2n) is 9.01. The van der Waals surface area contributed by atoms with E-state index in [0.29, 0.717) is 0 Å². The van der Waals surface area contributed by atoms with Crippen LogP contribution < -0.4 is 5.32 Å². The van der Waals surface area contributed by atoms with Gasteiger partial charge in [0.05, 0.1) is 16.9 Å². The molecule has 1 saturated heterocycles. The molecular weight excluding hydrogens is 345 g/mol. The van der Waals surface area contributed by atoms with Gasteiger partial charge in [0.1, 0.15) is 5.60 Å². The van der Waals surface area contributed by atoms with Crippen LogP contribution in [0.15, 0.2) is 5.47 Å². The van der Waals surface area contributed by atoms with E-state index in [1.165, 1.54) is 0 Å². The van der Waals surface area contributed by atoms with Crippen molar-refractivity contribution in [2.45, 2.75) is 79.1 Å². The molecule has 2 N–H and O–H groups in total. The summed E-state index contributed by atoms with van der Waals surface area (Å²) in [7, 11) is -0.571. The number of H-pyrrole nitrogens is 1. The lowest BCUT2D eigenvalue weighted by Crippen LogP contribution is -2.41. The van der Waals surface area contributed by atoms with Crippen LogP contribution in [0.2, 0.25) is 0 Å². The van der Waals surface area contributed by atoms with Crippen LogP contribution in [0, 0.1) is 13.8 Å². The highest BCUT2D eigenvalue weighted by molar-refractivity contribution is 6.56. The standard InChI is InChI=1S/C19H32BN3O4/c1-12-15(13(2)23-22-12)10-14(11-21-16(24)25-17(3,4)5)20-26-18(6,7)19(8,9)27-20/h10H,11H2,1-9H3,(H,21,24)(H,22,23). The minimum absolute atomic E-state index is 0.246. The maximum Gasteiger partial charge on any atom is 0.492 e. The van der Waals surface area contributed by atoms with Crippen molar-refractivity contribution >= 4 is 19.3 Å². The molecule has 0 spiro atoms. The molecule has 0 aliphatic carbocycles. The van der Waals surface area contributed by atoms with Crippen LogP contribution in [-0.4, -0.2) is 46.8 Å². The predicted octanol–water partition coefficient (Wildman–Crippen LogP) is 3.57. The van der Waals surface area contributed by atoms with E-state index < -0.39 is 30.0 Å². The summed E-state index contributed by atoms with van der Waals surface area (Å²) in [6, 6.07) is 0. The number of carbonyl (C=O) groups excluding carboxylic acids is 1. The summed E-state index contributed by atoms with van der Waals surface area (Å²) >= 11 is 0. The molecule has 2 heterocycles. The normalized spacial score (nSPS) is 19.3. The van der Waals surface area contributed by atoms with Gasteiger partial charge >= 0.3 is 13.2 Å². The van der Waals surface area contributed by atoms with Crippen LogP contribution >= 0.6 is 0 Å². The summed E-state index contributed by atoms with van der Waals surface area (Å²) in [6.45, 7) is 17.6. The van der Waals surface area contributed by atoms with E-state index in [2.05, 4.69) is 15.5 Å². The molecule has 0 saturated carbocycles. The van der Waals surface area contributed by atoms with Crippen molar-refractivity contribution in [2.24, 2.45) is 0 Å². The van der Waals surface area contributed by atoms with E-state index in [9.17, 15) is 4.79 Å². The zero-order chi connectivity index (χ0) is 20.6. The number of aryl methyl sites for hydroxylation is 2. The molecule has 0 radical (unpaired) electrons. The van der Waals surface area contributed by atoms with Crippen molar-refractivity contribution in [1.29, 1.82) is 0 Å². The number of aromatic amines is 1. The molecule has 0 atom stereocenters. The molecule has 1 aliphatic heterocycles. The van der Waals surface area contributed by atoms with Gasteiger partial charge in [-0.3, -0.25) is 5.10 Å². The maximum absolute atomic E-state index is 12.1. The van der Waals surface area contributed by atoms with Gasteiger partial charge in [0.25, 0.3) is 0 Å². The highest BCUT2D eigenvalue weighted by atomic mass is 16.7. The van der Waals surface area contributed by atoms with Crippen LogP contribution in [0.4, 0.5) is 4.79 Å². The maximum atomic E-state index is 12.1. The Labute approximate surface area is 162 Å². The number of amides is 1. The number of nitrogens with one attached hydrogen (secondary N) is 2. The summed E-state index contributed by atoms with van der Waals surface area (Å²) < 4.78 is 17.7. The van der Waals surface area contributed by atoms with Crippen molar-refractivity contribution in [3.63, 3.8) is 0 Å². The minimum Gasteiger partial charge on any atom is -0.444 e. The van der Waals surface area contributed by atoms with E-state index in [1.54, 1.807) is 0 Å². The zero-order valence-electron chi connectivity index (χ0n) is 17.9. The molecule has 150 valence electrons. The van der Waals surface area contributed by atoms with E-state index >= 15 is 0 Å². The minimum atomic E-state index is -0.571. The first kappa shape index (κ1) is 21.5. The predicted molar refractivity (Wildman–Crippen MR) is 106 cm³/mol. The van der Waals surface area contributed by atoms with Gasteiger partial charge in [0.2, 0.25) is 0 Å². The lowest BCUT2D eigenvalue weighted by Gasteiger charge is -2.32. The number of nitrogens with zero attached hydrogens (tertiary/aromatic N) is 1. The number of carbonyl (C=O) groups is 1. The fourth-order valence-electron chi connectivity index (χ4n) is 2.64. The van der Waals surface area contributed by atoms with Gasteiger partial charge in [-0.25, -0.2) is 4.79 Å². The Morgan fingerprint density at radius 3 is 2.22 bits per heavy atom. The van der Waals surface area contributed by atoms with Gasteiger partial charge in [-0.05, 0) is 67.8 Å². The molecule has 7 nitrogen and oxygen atoms in total. The van der Waals surface area contributed by atoms with Crippen LogP contribution in [0.1, 0.15) is 65.4 Å². The van der Waals surface area contributed by atoms with Crippen molar-refractivity contribution in [2.75, 3.05) is 6.54 Å². The molecule has 1 aromatic heterocycles. The molecule has 0 bridgehead atoms. The summed E-state index contributed by atoms with van der Waals surface area (Å²) in [5, 5.41) is 10.0. The van der Waals surface area contributed by atoms with Crippen LogP contribution in [0.25, 0.3) is 6.08 Å². The van der Waals surface area contributed by atoms with E-state index in [0.717, 1.165) is 22.4 Å². The Bertz CT molecular complexity index is 696. The molecule has 0 aromatic carbocycles. The van der Waals surface area contributed by atoms with Gasteiger partial charge in [0, 0.05) is 17.8 Å². The van der Waals surface area contributed by atoms with Crippen LogP contribution in [-0.2, 0) is 14.0 Å². The Morgan fingerprint density at radius 2 is 1.78 bits per heavy atom. The second-order valence-corrected chi connectivity index (χ2v) is 9.01. The number of aromatic nitrogens is 2. The largest absolute Gasteiger partial charge is 0.492 e. The van der Waals surface area contributed by atoms with Crippen molar-refractivity contribution in [3.05, 3.63) is 22.4 Å². The van der Waals surface area contributed by atoms with Gasteiger partial charge in [-0.1, -0.05) is 6.08 Å². The van der Waals surface area contributed by atoms with Crippen molar-refractivity contribution in [3.8, 4) is 0 Å². The smallest absolute Gasteiger partial charge is 0.444 e. The third kappa shape index (κ3) is 5.14. The molecule has 1 aromatic rings. The molecule has 1 aliphatic rings. The number of rotatable bonds is 4. The Balaban J connectivity index is 2.26. The fourth-order valence-corrected chi connectivity index (χ4v) is 2.64. The Kier molecular flexibility index (Phi) is 5.83. The highest BCUT2D eigenvalue weighted by Crippen LogP contribution is 2.38. The van der Waals surface area contributed by atoms with Crippen LogP contribution in [0.3, 0.4) is 0 Å². The summed E-state index contributed by atoms with van der Waals surface area (Å²) in [4.78, 5) is 12.1. The molecule has 8 heteroatoms. The molecule has 0 unspecified atom stereocenters. The quantitative estimate of drug-likeness (QED) is 0.784. The number of ether oxygens (including phenoxy) is 1. The van der Waals surface area contributed by atoms with Gasteiger partial charge < -0.3 is 19.4 Å². The second kappa shape index (κ2) is 7.32. The van der Waals surface area contributed by atoms with Gasteiger partial charge in [0.15, 0.2) is 0 Å². The molecule has 2 rings (SSSR count). The first-order valence-electron chi connectivity index (χ1n) is 9.26. The SMILES string of the molecule is Cc1n[nH]c(C)c1C=C(CNC(=O)OC(C)(C)C)B1OC(C)(C)C(C)(C)O1. The Morgan fingerprint density at radius 1 is 1.22 bits per heavy atom. The summed E-state index contributed by atoms with van der Waals surface area (Å²) in [6.07, 6.45) is 1.48. The van der Waals surface area contributed by atoms with E-state index in [1.807, 2.05) is 68.4 Å². The number of alkyl carbamates (subject to hydrolysis) is 1. The zero-order valence-corrected chi connectivity index (χ0v) is 17.9. The molecular formula is C19H32BN3O4. The van der Waals surface area contributed by atoms with Gasteiger partial charge in [-0.15, -0.1) is 0 Å². The monoisotopic (exact) mass is 377 g/mol. The van der Waals surface area contributed by atoms with Crippen molar-refractivity contribution < 1.29 is 18.8 Å². The van der Waals surface area contributed by atoms with E-state index in [-0.39, 0.29) is 6.54 Å².